The van der Waals surface area contributed by atoms with Gasteiger partial charge in [0.2, 0.25) is 0 Å². The number of rotatable bonds is 2. The van der Waals surface area contributed by atoms with Crippen LogP contribution in [0.4, 0.5) is 21.1 Å². The summed E-state index contributed by atoms with van der Waals surface area (Å²) in [4.78, 5) is 35.3. The minimum Gasteiger partial charge on any atom is -0.443 e. The second-order valence-corrected chi connectivity index (χ2v) is 9.06. The molecule has 0 radical (unpaired) electrons. The van der Waals surface area contributed by atoms with Crippen LogP contribution in [0.3, 0.4) is 0 Å². The molecule has 3 aromatic rings. The molecule has 31 heavy (non-hydrogen) atoms. The average molecular weight is 425 g/mol. The van der Waals surface area contributed by atoms with E-state index in [1.807, 2.05) is 0 Å². The summed E-state index contributed by atoms with van der Waals surface area (Å²) in [6.45, 7) is 12.5. The Morgan fingerprint density at radius 1 is 1.00 bits per heavy atom. The van der Waals surface area contributed by atoms with Crippen LogP contribution in [-0.4, -0.2) is 43.1 Å². The number of fused-ring (bicyclic) bond motifs is 1. The van der Waals surface area contributed by atoms with Crippen molar-refractivity contribution >= 4 is 34.6 Å². The first kappa shape index (κ1) is 22.2. The number of aryl methyl sites for hydroxylation is 1. The van der Waals surface area contributed by atoms with Gasteiger partial charge in [0.1, 0.15) is 22.8 Å². The Morgan fingerprint density at radius 2 is 1.68 bits per heavy atom. The maximum atomic E-state index is 13.0. The van der Waals surface area contributed by atoms with Gasteiger partial charge in [-0.1, -0.05) is 0 Å². The van der Waals surface area contributed by atoms with Crippen LogP contribution in [0.15, 0.2) is 36.7 Å². The third kappa shape index (κ3) is 5.36. The molecular formula is C22H27N5O4. The van der Waals surface area contributed by atoms with Crippen molar-refractivity contribution in [2.24, 2.45) is 0 Å². The van der Waals surface area contributed by atoms with Gasteiger partial charge in [0.25, 0.3) is 0 Å². The molecule has 9 nitrogen and oxygen atoms in total. The number of hydrogen-bond acceptors (Lipinski definition) is 7. The average Bonchev–Trinajstić information content (AvgIpc) is 3.02. The summed E-state index contributed by atoms with van der Waals surface area (Å²) in [5, 5.41) is 4.81. The summed E-state index contributed by atoms with van der Waals surface area (Å²) in [6, 6.07) is 6.77. The zero-order valence-electron chi connectivity index (χ0n) is 18.8. The van der Waals surface area contributed by atoms with Crippen molar-refractivity contribution in [2.45, 2.75) is 59.7 Å². The van der Waals surface area contributed by atoms with Crippen LogP contribution in [0.1, 0.15) is 47.4 Å². The van der Waals surface area contributed by atoms with Gasteiger partial charge in [-0.15, -0.1) is 0 Å². The summed E-state index contributed by atoms with van der Waals surface area (Å²) in [7, 11) is 0. The van der Waals surface area contributed by atoms with E-state index in [0.29, 0.717) is 28.2 Å². The molecule has 0 spiro atoms. The van der Waals surface area contributed by atoms with Gasteiger partial charge in [0.05, 0.1) is 17.4 Å². The maximum Gasteiger partial charge on any atom is 0.435 e. The lowest BCUT2D eigenvalue weighted by atomic mass is 10.2. The topological polar surface area (TPSA) is 99.4 Å². The number of amides is 1. The Bertz CT molecular complexity index is 1120. The van der Waals surface area contributed by atoms with Crippen LogP contribution >= 0.6 is 0 Å². The highest BCUT2D eigenvalue weighted by atomic mass is 16.6. The standard InChI is InChI=1S/C22H27N5O4/c1-14-23-11-10-18(25-14)26(19(28)30-21(2,3)4)16-8-9-17-15(12-16)13-24-27(17)20(29)31-22(5,6)7/h8-13H,1-7H3. The zero-order chi connectivity index (χ0) is 23.0. The summed E-state index contributed by atoms with van der Waals surface area (Å²) in [5.41, 5.74) is -0.263. The van der Waals surface area contributed by atoms with Crippen molar-refractivity contribution in [2.75, 3.05) is 4.90 Å². The summed E-state index contributed by atoms with van der Waals surface area (Å²) >= 11 is 0. The van der Waals surface area contributed by atoms with E-state index < -0.39 is 23.4 Å². The van der Waals surface area contributed by atoms with Crippen molar-refractivity contribution in [3.8, 4) is 0 Å². The van der Waals surface area contributed by atoms with E-state index >= 15 is 0 Å². The van der Waals surface area contributed by atoms with Gasteiger partial charge in [0, 0.05) is 11.6 Å². The van der Waals surface area contributed by atoms with E-state index in [0.717, 1.165) is 0 Å². The molecule has 1 amide bonds. The molecule has 0 saturated carbocycles. The first-order valence-electron chi connectivity index (χ1n) is 9.88. The number of hydrogen-bond donors (Lipinski definition) is 0. The summed E-state index contributed by atoms with van der Waals surface area (Å²) < 4.78 is 12.2. The van der Waals surface area contributed by atoms with Crippen molar-refractivity contribution in [3.63, 3.8) is 0 Å². The number of carbonyl (C=O) groups is 2. The molecule has 0 saturated heterocycles. The Kier molecular flexibility index (Phi) is 5.71. The fourth-order valence-corrected chi connectivity index (χ4v) is 2.82. The minimum atomic E-state index is -0.691. The van der Waals surface area contributed by atoms with E-state index in [9.17, 15) is 9.59 Å². The number of nitrogens with zero attached hydrogens (tertiary/aromatic N) is 5. The van der Waals surface area contributed by atoms with Crippen molar-refractivity contribution in [3.05, 3.63) is 42.5 Å². The molecule has 0 aliphatic heterocycles. The fraction of sp³-hybridized carbons (Fsp3) is 0.409. The van der Waals surface area contributed by atoms with E-state index in [-0.39, 0.29) is 0 Å². The van der Waals surface area contributed by atoms with Crippen molar-refractivity contribution in [1.82, 2.24) is 19.7 Å². The molecule has 1 aromatic carbocycles. The fourth-order valence-electron chi connectivity index (χ4n) is 2.82. The molecular weight excluding hydrogens is 398 g/mol. The van der Waals surface area contributed by atoms with Gasteiger partial charge >= 0.3 is 12.2 Å². The van der Waals surface area contributed by atoms with Crippen LogP contribution in [0.5, 0.6) is 0 Å². The highest BCUT2D eigenvalue weighted by molar-refractivity contribution is 5.98. The highest BCUT2D eigenvalue weighted by Gasteiger charge is 2.27. The number of carbonyl (C=O) groups excluding carboxylic acids is 2. The molecule has 0 aliphatic carbocycles. The van der Waals surface area contributed by atoms with E-state index in [2.05, 4.69) is 15.1 Å². The third-order valence-electron chi connectivity index (χ3n) is 3.94. The van der Waals surface area contributed by atoms with E-state index in [4.69, 9.17) is 9.47 Å². The van der Waals surface area contributed by atoms with E-state index in [1.165, 1.54) is 9.58 Å². The lowest BCUT2D eigenvalue weighted by molar-refractivity contribution is 0.0521. The van der Waals surface area contributed by atoms with Crippen LogP contribution in [0, 0.1) is 6.92 Å². The first-order chi connectivity index (χ1) is 14.3. The maximum absolute atomic E-state index is 13.0. The monoisotopic (exact) mass is 425 g/mol. The number of benzene rings is 1. The Hall–Kier alpha value is -3.49. The van der Waals surface area contributed by atoms with E-state index in [1.54, 1.807) is 85.1 Å². The van der Waals surface area contributed by atoms with Crippen molar-refractivity contribution in [1.29, 1.82) is 0 Å². The zero-order valence-corrected chi connectivity index (χ0v) is 18.8. The lowest BCUT2D eigenvalue weighted by Gasteiger charge is -2.27. The van der Waals surface area contributed by atoms with Gasteiger partial charge in [0.15, 0.2) is 0 Å². The number of aromatic nitrogens is 4. The Morgan fingerprint density at radius 3 is 2.29 bits per heavy atom. The first-order valence-corrected chi connectivity index (χ1v) is 9.88. The Balaban J connectivity index is 2.04. The highest BCUT2D eigenvalue weighted by Crippen LogP contribution is 2.29. The van der Waals surface area contributed by atoms with Crippen LogP contribution in [0.2, 0.25) is 0 Å². The van der Waals surface area contributed by atoms with Gasteiger partial charge in [-0.25, -0.2) is 24.5 Å². The predicted octanol–water partition coefficient (Wildman–Crippen LogP) is 4.99. The molecule has 0 bridgehead atoms. The molecule has 2 heterocycles. The summed E-state index contributed by atoms with van der Waals surface area (Å²) in [6.07, 6.45) is 1.96. The second kappa shape index (κ2) is 7.98. The molecule has 0 aliphatic rings. The van der Waals surface area contributed by atoms with Crippen molar-refractivity contribution < 1.29 is 19.1 Å². The third-order valence-corrected chi connectivity index (χ3v) is 3.94. The largest absolute Gasteiger partial charge is 0.443 e. The molecule has 0 unspecified atom stereocenters. The molecule has 0 N–H and O–H groups in total. The SMILES string of the molecule is Cc1nccc(N(C(=O)OC(C)(C)C)c2ccc3c(cnn3C(=O)OC(C)(C)C)c2)n1. The molecule has 0 fully saturated rings. The van der Waals surface area contributed by atoms with Crippen LogP contribution in [0.25, 0.3) is 10.9 Å². The predicted molar refractivity (Wildman–Crippen MR) is 117 cm³/mol. The molecule has 2 aromatic heterocycles. The molecule has 9 heteroatoms. The molecule has 164 valence electrons. The number of ether oxygens (including phenoxy) is 2. The van der Waals surface area contributed by atoms with Gasteiger partial charge < -0.3 is 9.47 Å². The smallest absolute Gasteiger partial charge is 0.435 e. The van der Waals surface area contributed by atoms with Crippen LogP contribution in [-0.2, 0) is 9.47 Å². The van der Waals surface area contributed by atoms with Crippen LogP contribution < -0.4 is 4.90 Å². The molecule has 0 atom stereocenters. The number of anilines is 2. The second-order valence-electron chi connectivity index (χ2n) is 9.06. The minimum absolute atomic E-state index is 0.376. The van der Waals surface area contributed by atoms with Gasteiger partial charge in [-0.3, -0.25) is 0 Å². The van der Waals surface area contributed by atoms with Gasteiger partial charge in [-0.05, 0) is 72.7 Å². The lowest BCUT2D eigenvalue weighted by Crippen LogP contribution is -2.34. The quantitative estimate of drug-likeness (QED) is 0.570. The Labute approximate surface area is 181 Å². The summed E-state index contributed by atoms with van der Waals surface area (Å²) in [5.74, 6) is 0.894. The molecule has 3 rings (SSSR count). The normalized spacial score (nSPS) is 12.0. The van der Waals surface area contributed by atoms with Gasteiger partial charge in [-0.2, -0.15) is 9.78 Å².